The standard InChI is InChI=1S/C23H24N6O3/c1-13-14(2)24-20-11-18(27-29(20)23(13)32)15-7-9-28(10-8-15)21(30)12-19-16-5-3-4-6-17(16)22(31)26-25-19/h3-6,11,15,27H,7-10,12H2,1-2H3,(H,26,31). The minimum Gasteiger partial charge on any atom is -0.342 e. The van der Waals surface area contributed by atoms with Crippen molar-refractivity contribution in [1.29, 1.82) is 0 Å². The van der Waals surface area contributed by atoms with Gasteiger partial charge in [-0.05, 0) is 32.8 Å². The number of hydrogen-bond acceptors (Lipinski definition) is 5. The van der Waals surface area contributed by atoms with E-state index in [2.05, 4.69) is 20.3 Å². The highest BCUT2D eigenvalue weighted by molar-refractivity contribution is 5.88. The number of nitrogens with one attached hydrogen (secondary N) is 2. The summed E-state index contributed by atoms with van der Waals surface area (Å²) in [5.41, 5.74) is 3.23. The molecule has 9 nitrogen and oxygen atoms in total. The average Bonchev–Trinajstić information content (AvgIpc) is 3.24. The second-order valence-electron chi connectivity index (χ2n) is 8.41. The lowest BCUT2D eigenvalue weighted by atomic mass is 9.93. The van der Waals surface area contributed by atoms with Gasteiger partial charge in [0.05, 0.1) is 17.5 Å². The maximum Gasteiger partial charge on any atom is 0.275 e. The van der Waals surface area contributed by atoms with E-state index < -0.39 is 0 Å². The minimum atomic E-state index is -0.255. The van der Waals surface area contributed by atoms with E-state index in [9.17, 15) is 14.4 Å². The third-order valence-electron chi connectivity index (χ3n) is 6.48. The van der Waals surface area contributed by atoms with Crippen molar-refractivity contribution in [1.82, 2.24) is 29.7 Å². The van der Waals surface area contributed by atoms with Gasteiger partial charge in [-0.1, -0.05) is 18.2 Å². The zero-order valence-corrected chi connectivity index (χ0v) is 18.0. The molecule has 1 aliphatic heterocycles. The molecule has 1 aliphatic rings. The number of carbonyl (C=O) groups is 1. The summed E-state index contributed by atoms with van der Waals surface area (Å²) in [6.45, 7) is 4.87. The number of piperidine rings is 1. The minimum absolute atomic E-state index is 0.00562. The van der Waals surface area contributed by atoms with Crippen molar-refractivity contribution < 1.29 is 4.79 Å². The number of aryl methyl sites for hydroxylation is 1. The molecule has 1 fully saturated rings. The van der Waals surface area contributed by atoms with Gasteiger partial charge in [0.15, 0.2) is 5.65 Å². The Kier molecular flexibility index (Phi) is 4.88. The van der Waals surface area contributed by atoms with Crippen molar-refractivity contribution in [3.63, 3.8) is 0 Å². The van der Waals surface area contributed by atoms with E-state index in [0.29, 0.717) is 40.8 Å². The molecule has 0 bridgehead atoms. The van der Waals surface area contributed by atoms with E-state index in [0.717, 1.165) is 24.2 Å². The molecule has 4 aromatic rings. The molecule has 1 amide bonds. The van der Waals surface area contributed by atoms with Crippen LogP contribution in [0.2, 0.25) is 0 Å². The van der Waals surface area contributed by atoms with Gasteiger partial charge in [0, 0.05) is 47.4 Å². The number of carbonyl (C=O) groups excluding carboxylic acids is 1. The van der Waals surface area contributed by atoms with Crippen LogP contribution < -0.4 is 11.1 Å². The molecule has 9 heteroatoms. The monoisotopic (exact) mass is 432 g/mol. The molecule has 3 aromatic heterocycles. The van der Waals surface area contributed by atoms with Crippen molar-refractivity contribution in [3.05, 3.63) is 73.7 Å². The van der Waals surface area contributed by atoms with E-state index in [-0.39, 0.29) is 29.4 Å². The van der Waals surface area contributed by atoms with Crippen LogP contribution in [0.3, 0.4) is 0 Å². The van der Waals surface area contributed by atoms with Gasteiger partial charge in [-0.25, -0.2) is 14.6 Å². The molecule has 0 radical (unpaired) electrons. The summed E-state index contributed by atoms with van der Waals surface area (Å²) in [7, 11) is 0. The molecule has 1 saturated heterocycles. The molecule has 5 rings (SSSR count). The topological polar surface area (TPSA) is 116 Å². The van der Waals surface area contributed by atoms with Crippen molar-refractivity contribution in [2.75, 3.05) is 13.1 Å². The summed E-state index contributed by atoms with van der Waals surface area (Å²) in [5, 5.41) is 11.1. The predicted molar refractivity (Wildman–Crippen MR) is 120 cm³/mol. The summed E-state index contributed by atoms with van der Waals surface area (Å²) < 4.78 is 1.50. The van der Waals surface area contributed by atoms with Gasteiger partial charge in [-0.3, -0.25) is 19.5 Å². The SMILES string of the molecule is Cc1nc2cc(C3CCN(C(=O)Cc4n[nH]c(=O)c5ccccc45)CC3)[nH]n2c(=O)c1C. The molecule has 1 aromatic carbocycles. The van der Waals surface area contributed by atoms with Gasteiger partial charge in [-0.2, -0.15) is 5.10 Å². The van der Waals surface area contributed by atoms with Crippen molar-refractivity contribution in [2.24, 2.45) is 0 Å². The Morgan fingerprint density at radius 3 is 2.59 bits per heavy atom. The molecule has 2 N–H and O–H groups in total. The predicted octanol–water partition coefficient (Wildman–Crippen LogP) is 1.82. The number of benzene rings is 1. The number of H-pyrrole nitrogens is 2. The fourth-order valence-corrected chi connectivity index (χ4v) is 4.45. The second-order valence-corrected chi connectivity index (χ2v) is 8.41. The van der Waals surface area contributed by atoms with Gasteiger partial charge in [-0.15, -0.1) is 0 Å². The molecule has 0 atom stereocenters. The van der Waals surface area contributed by atoms with E-state index in [4.69, 9.17) is 0 Å². The van der Waals surface area contributed by atoms with Crippen LogP contribution in [0.15, 0.2) is 39.9 Å². The highest BCUT2D eigenvalue weighted by Gasteiger charge is 2.26. The van der Waals surface area contributed by atoms with Crippen molar-refractivity contribution in [3.8, 4) is 0 Å². The Balaban J connectivity index is 1.30. The van der Waals surface area contributed by atoms with Crippen LogP contribution in [0.5, 0.6) is 0 Å². The molecule has 32 heavy (non-hydrogen) atoms. The number of nitrogens with zero attached hydrogens (tertiary/aromatic N) is 4. The van der Waals surface area contributed by atoms with Crippen molar-refractivity contribution >= 4 is 22.3 Å². The van der Waals surface area contributed by atoms with Crippen molar-refractivity contribution in [2.45, 2.75) is 39.0 Å². The average molecular weight is 432 g/mol. The number of amides is 1. The van der Waals surface area contributed by atoms with Crippen LogP contribution in [-0.2, 0) is 11.2 Å². The first-order valence-electron chi connectivity index (χ1n) is 10.8. The van der Waals surface area contributed by atoms with Gasteiger partial charge in [0.25, 0.3) is 11.1 Å². The first-order valence-corrected chi connectivity index (χ1v) is 10.8. The zero-order chi connectivity index (χ0) is 22.4. The molecule has 0 unspecified atom stereocenters. The van der Waals surface area contributed by atoms with E-state index in [1.807, 2.05) is 30.0 Å². The summed E-state index contributed by atoms with van der Waals surface area (Å²) in [6.07, 6.45) is 1.74. The van der Waals surface area contributed by atoms with Crippen LogP contribution in [0.4, 0.5) is 0 Å². The van der Waals surface area contributed by atoms with E-state index in [1.165, 1.54) is 4.52 Å². The lowest BCUT2D eigenvalue weighted by molar-refractivity contribution is -0.131. The first-order chi connectivity index (χ1) is 15.4. The first kappa shape index (κ1) is 20.2. The smallest absolute Gasteiger partial charge is 0.275 e. The van der Waals surface area contributed by atoms with Crippen LogP contribution in [-0.4, -0.2) is 48.7 Å². The lowest BCUT2D eigenvalue weighted by Crippen LogP contribution is -2.39. The lowest BCUT2D eigenvalue weighted by Gasteiger charge is -2.31. The normalized spacial score (nSPS) is 15.0. The highest BCUT2D eigenvalue weighted by atomic mass is 16.2. The van der Waals surface area contributed by atoms with Crippen LogP contribution in [0.1, 0.15) is 41.4 Å². The highest BCUT2D eigenvalue weighted by Crippen LogP contribution is 2.28. The van der Waals surface area contributed by atoms with Gasteiger partial charge >= 0.3 is 0 Å². The van der Waals surface area contributed by atoms with Gasteiger partial charge in [0.1, 0.15) is 0 Å². The van der Waals surface area contributed by atoms with Crippen LogP contribution in [0.25, 0.3) is 16.4 Å². The van der Waals surface area contributed by atoms with Crippen LogP contribution in [0, 0.1) is 13.8 Å². The summed E-state index contributed by atoms with van der Waals surface area (Å²) in [6, 6.07) is 9.13. The quantitative estimate of drug-likeness (QED) is 0.512. The fourth-order valence-electron chi connectivity index (χ4n) is 4.45. The summed E-state index contributed by atoms with van der Waals surface area (Å²) >= 11 is 0. The Morgan fingerprint density at radius 2 is 1.84 bits per heavy atom. The molecular formula is C23H24N6O3. The number of aromatic amines is 2. The second kappa shape index (κ2) is 7.74. The summed E-state index contributed by atoms with van der Waals surface area (Å²) in [4.78, 5) is 43.7. The zero-order valence-electron chi connectivity index (χ0n) is 18.0. The Hall–Kier alpha value is -3.75. The fraction of sp³-hybridized carbons (Fsp3) is 0.348. The molecule has 0 aliphatic carbocycles. The maximum absolute atomic E-state index is 12.9. The molecule has 0 spiro atoms. The molecule has 0 saturated carbocycles. The molecule has 4 heterocycles. The number of likely N-dealkylation sites (tertiary alicyclic amines) is 1. The maximum atomic E-state index is 12.9. The number of rotatable bonds is 3. The van der Waals surface area contributed by atoms with E-state index in [1.54, 1.807) is 19.1 Å². The third kappa shape index (κ3) is 3.39. The Labute approximate surface area is 183 Å². The number of hydrogen-bond donors (Lipinski definition) is 2. The molecule has 164 valence electrons. The third-order valence-corrected chi connectivity index (χ3v) is 6.48. The van der Waals surface area contributed by atoms with Gasteiger partial charge in [0.2, 0.25) is 5.91 Å². The summed E-state index contributed by atoms with van der Waals surface area (Å²) in [5.74, 6) is 0.224. The van der Waals surface area contributed by atoms with Crippen LogP contribution >= 0.6 is 0 Å². The Bertz CT molecular complexity index is 1460. The van der Waals surface area contributed by atoms with Gasteiger partial charge < -0.3 is 4.90 Å². The Morgan fingerprint density at radius 1 is 1.12 bits per heavy atom. The number of fused-ring (bicyclic) bond motifs is 2. The molecular weight excluding hydrogens is 408 g/mol. The largest absolute Gasteiger partial charge is 0.342 e. The van der Waals surface area contributed by atoms with E-state index >= 15 is 0 Å². The number of aromatic nitrogens is 5.